The molecular weight excluding hydrogens is 310 g/mol. The Hall–Kier alpha value is -3.16. The monoisotopic (exact) mass is 325 g/mol. The van der Waals surface area contributed by atoms with Gasteiger partial charge in [-0.05, 0) is 19.1 Å². The minimum absolute atomic E-state index is 0.126. The first-order valence-corrected chi connectivity index (χ1v) is 7.58. The van der Waals surface area contributed by atoms with E-state index in [1.165, 1.54) is 0 Å². The molecule has 3 aromatic rings. The van der Waals surface area contributed by atoms with Crippen LogP contribution in [-0.2, 0) is 6.54 Å². The van der Waals surface area contributed by atoms with E-state index in [0.29, 0.717) is 24.4 Å². The van der Waals surface area contributed by atoms with Gasteiger partial charge in [0.2, 0.25) is 0 Å². The van der Waals surface area contributed by atoms with E-state index in [2.05, 4.69) is 15.4 Å². The largest absolute Gasteiger partial charge is 0.508 e. The quantitative estimate of drug-likeness (QED) is 0.772. The lowest BCUT2D eigenvalue weighted by Crippen LogP contribution is -2.41. The summed E-state index contributed by atoms with van der Waals surface area (Å²) in [5, 5.41) is 21.4. The van der Waals surface area contributed by atoms with E-state index >= 15 is 0 Å². The second kappa shape index (κ2) is 5.48. The number of hydrogen-bond acceptors (Lipinski definition) is 6. The van der Waals surface area contributed by atoms with Crippen LogP contribution < -0.4 is 0 Å². The number of amides is 1. The molecule has 122 valence electrons. The predicted molar refractivity (Wildman–Crippen MR) is 83.1 cm³/mol. The molecule has 3 heterocycles. The van der Waals surface area contributed by atoms with Crippen LogP contribution in [0.1, 0.15) is 29.3 Å². The van der Waals surface area contributed by atoms with Crippen LogP contribution >= 0.6 is 0 Å². The Morgan fingerprint density at radius 2 is 2.21 bits per heavy atom. The lowest BCUT2D eigenvalue weighted by atomic mass is 10.1. The Labute approximate surface area is 137 Å². The number of carbonyl (C=O) groups is 1. The minimum atomic E-state index is -0.216. The zero-order chi connectivity index (χ0) is 16.7. The third-order valence-corrected chi connectivity index (χ3v) is 4.19. The normalized spacial score (nSPS) is 16.9. The molecule has 8 nitrogen and oxygen atoms in total. The van der Waals surface area contributed by atoms with Crippen LogP contribution in [0.15, 0.2) is 41.2 Å². The number of rotatable bonds is 2. The Kier molecular flexibility index (Phi) is 3.30. The van der Waals surface area contributed by atoms with Gasteiger partial charge in [-0.3, -0.25) is 4.79 Å². The first kappa shape index (κ1) is 14.4. The van der Waals surface area contributed by atoms with Crippen molar-refractivity contribution in [3.8, 4) is 17.1 Å². The van der Waals surface area contributed by atoms with Crippen molar-refractivity contribution in [3.05, 3.63) is 48.2 Å². The molecule has 0 saturated heterocycles. The van der Waals surface area contributed by atoms with Crippen molar-refractivity contribution >= 4 is 5.91 Å². The summed E-state index contributed by atoms with van der Waals surface area (Å²) < 4.78 is 7.21. The second-order valence-electron chi connectivity index (χ2n) is 5.68. The molecule has 8 heteroatoms. The van der Waals surface area contributed by atoms with Crippen molar-refractivity contribution in [2.75, 3.05) is 6.54 Å². The fraction of sp³-hybridized carbons (Fsp3) is 0.250. The number of aromatic hydroxyl groups is 1. The lowest BCUT2D eigenvalue weighted by molar-refractivity contribution is 0.0627. The summed E-state index contributed by atoms with van der Waals surface area (Å²) >= 11 is 0. The van der Waals surface area contributed by atoms with Crippen molar-refractivity contribution in [1.29, 1.82) is 0 Å². The van der Waals surface area contributed by atoms with E-state index in [-0.39, 0.29) is 23.4 Å². The van der Waals surface area contributed by atoms with Gasteiger partial charge in [0, 0.05) is 24.7 Å². The van der Waals surface area contributed by atoms with Gasteiger partial charge in [-0.2, -0.15) is 0 Å². The molecule has 0 bridgehead atoms. The molecule has 1 aliphatic heterocycles. The van der Waals surface area contributed by atoms with Crippen molar-refractivity contribution in [3.63, 3.8) is 0 Å². The summed E-state index contributed by atoms with van der Waals surface area (Å²) in [6.07, 6.45) is 1.67. The molecule has 0 radical (unpaired) electrons. The smallest absolute Gasteiger partial charge is 0.276 e. The zero-order valence-electron chi connectivity index (χ0n) is 13.0. The Morgan fingerprint density at radius 1 is 1.33 bits per heavy atom. The first-order valence-electron chi connectivity index (χ1n) is 7.58. The SMILES string of the molecule is CC1c2nncn2CCN1C(=O)c1cc(-c2cccc(O)c2)on1. The van der Waals surface area contributed by atoms with Gasteiger partial charge in [-0.25, -0.2) is 0 Å². The zero-order valence-corrected chi connectivity index (χ0v) is 13.0. The highest BCUT2D eigenvalue weighted by molar-refractivity contribution is 5.93. The summed E-state index contributed by atoms with van der Waals surface area (Å²) in [6.45, 7) is 3.11. The highest BCUT2D eigenvalue weighted by atomic mass is 16.5. The maximum Gasteiger partial charge on any atom is 0.276 e. The second-order valence-corrected chi connectivity index (χ2v) is 5.68. The fourth-order valence-electron chi connectivity index (χ4n) is 2.90. The number of carbonyl (C=O) groups excluding carboxylic acids is 1. The van der Waals surface area contributed by atoms with Crippen molar-refractivity contribution in [1.82, 2.24) is 24.8 Å². The van der Waals surface area contributed by atoms with Crippen LogP contribution in [0, 0.1) is 0 Å². The summed E-state index contributed by atoms with van der Waals surface area (Å²) in [5.74, 6) is 1.10. The molecular formula is C16H15N5O3. The average Bonchev–Trinajstić information content (AvgIpc) is 3.24. The van der Waals surface area contributed by atoms with Crippen LogP contribution in [0.3, 0.4) is 0 Å². The molecule has 0 aliphatic carbocycles. The van der Waals surface area contributed by atoms with E-state index in [4.69, 9.17) is 4.52 Å². The van der Waals surface area contributed by atoms with Crippen molar-refractivity contribution < 1.29 is 14.4 Å². The number of hydrogen-bond donors (Lipinski definition) is 1. The van der Waals surface area contributed by atoms with Crippen LogP contribution in [0.25, 0.3) is 11.3 Å². The summed E-state index contributed by atoms with van der Waals surface area (Å²) in [5.41, 5.74) is 0.890. The summed E-state index contributed by atoms with van der Waals surface area (Å²) in [4.78, 5) is 14.5. The number of aromatic nitrogens is 4. The van der Waals surface area contributed by atoms with E-state index in [1.807, 2.05) is 11.5 Å². The van der Waals surface area contributed by atoms with Gasteiger partial charge in [0.05, 0.1) is 6.04 Å². The summed E-state index contributed by atoms with van der Waals surface area (Å²) in [7, 11) is 0. The molecule has 1 aromatic carbocycles. The molecule has 24 heavy (non-hydrogen) atoms. The standard InChI is InChI=1S/C16H15N5O3/c1-10-15-18-17-9-20(15)5-6-21(10)16(23)13-8-14(24-19-13)11-3-2-4-12(22)7-11/h2-4,7-10,22H,5-6H2,1H3. The van der Waals surface area contributed by atoms with Gasteiger partial charge >= 0.3 is 0 Å². The predicted octanol–water partition coefficient (Wildman–Crippen LogP) is 1.86. The number of nitrogens with zero attached hydrogens (tertiary/aromatic N) is 5. The number of benzene rings is 1. The van der Waals surface area contributed by atoms with E-state index in [1.54, 1.807) is 41.6 Å². The maximum absolute atomic E-state index is 12.8. The van der Waals surface area contributed by atoms with Gasteiger partial charge in [0.15, 0.2) is 17.3 Å². The highest BCUT2D eigenvalue weighted by Gasteiger charge is 2.31. The lowest BCUT2D eigenvalue weighted by Gasteiger charge is -2.32. The molecule has 1 aliphatic rings. The third kappa shape index (κ3) is 2.32. The maximum atomic E-state index is 12.8. The van der Waals surface area contributed by atoms with E-state index in [0.717, 1.165) is 5.82 Å². The molecule has 1 unspecified atom stereocenters. The molecule has 4 rings (SSSR count). The third-order valence-electron chi connectivity index (χ3n) is 4.19. The minimum Gasteiger partial charge on any atom is -0.508 e. The van der Waals surface area contributed by atoms with Crippen molar-refractivity contribution in [2.45, 2.75) is 19.5 Å². The number of phenols is 1. The molecule has 1 amide bonds. The fourth-order valence-corrected chi connectivity index (χ4v) is 2.90. The molecule has 0 fully saturated rings. The summed E-state index contributed by atoms with van der Waals surface area (Å²) in [6, 6.07) is 8.01. The highest BCUT2D eigenvalue weighted by Crippen LogP contribution is 2.27. The van der Waals surface area contributed by atoms with Gasteiger partial charge in [-0.1, -0.05) is 17.3 Å². The number of phenolic OH excluding ortho intramolecular Hbond substituents is 1. The Bertz CT molecular complexity index is 901. The molecule has 1 N–H and O–H groups in total. The Morgan fingerprint density at radius 3 is 3.04 bits per heavy atom. The Balaban J connectivity index is 1.60. The van der Waals surface area contributed by atoms with Crippen LogP contribution in [0.2, 0.25) is 0 Å². The van der Waals surface area contributed by atoms with E-state index < -0.39 is 0 Å². The molecule has 2 aromatic heterocycles. The molecule has 1 atom stereocenters. The average molecular weight is 325 g/mol. The van der Waals surface area contributed by atoms with Gasteiger partial charge in [0.25, 0.3) is 5.91 Å². The van der Waals surface area contributed by atoms with Crippen LogP contribution in [0.5, 0.6) is 5.75 Å². The van der Waals surface area contributed by atoms with Crippen LogP contribution in [0.4, 0.5) is 0 Å². The first-order chi connectivity index (χ1) is 11.6. The van der Waals surface area contributed by atoms with Gasteiger partial charge in [-0.15, -0.1) is 10.2 Å². The number of fused-ring (bicyclic) bond motifs is 1. The topological polar surface area (TPSA) is 97.3 Å². The van der Waals surface area contributed by atoms with E-state index in [9.17, 15) is 9.90 Å². The van der Waals surface area contributed by atoms with Gasteiger partial charge < -0.3 is 19.1 Å². The molecule has 0 saturated carbocycles. The van der Waals surface area contributed by atoms with Crippen molar-refractivity contribution in [2.24, 2.45) is 0 Å². The molecule has 0 spiro atoms. The van der Waals surface area contributed by atoms with Gasteiger partial charge in [0.1, 0.15) is 12.1 Å². The van der Waals surface area contributed by atoms with Crippen LogP contribution in [-0.4, -0.2) is 42.4 Å².